The lowest BCUT2D eigenvalue weighted by atomic mass is 10.1. The molecule has 1 aliphatic heterocycles. The molecular weight excluding hydrogens is 232 g/mol. The summed E-state index contributed by atoms with van der Waals surface area (Å²) >= 11 is 0. The first-order valence-electron chi connectivity index (χ1n) is 5.94. The Labute approximate surface area is 106 Å². The third-order valence-electron chi connectivity index (χ3n) is 3.12. The largest absolute Gasteiger partial charge is 0.496 e. The van der Waals surface area contributed by atoms with E-state index in [0.29, 0.717) is 43.3 Å². The first kappa shape index (κ1) is 12.7. The van der Waals surface area contributed by atoms with Crippen LogP contribution in [0.4, 0.5) is 5.69 Å². The van der Waals surface area contributed by atoms with Crippen LogP contribution in [0.15, 0.2) is 12.1 Å². The minimum absolute atomic E-state index is 0.0294. The maximum absolute atomic E-state index is 12.4. The van der Waals surface area contributed by atoms with E-state index in [4.69, 9.17) is 15.2 Å². The molecule has 1 amide bonds. The van der Waals surface area contributed by atoms with Crippen LogP contribution in [0.3, 0.4) is 0 Å². The van der Waals surface area contributed by atoms with Gasteiger partial charge in [-0.15, -0.1) is 0 Å². The number of morpholine rings is 1. The third-order valence-corrected chi connectivity index (χ3v) is 3.12. The SMILES string of the molecule is COc1cc(N)c(C)cc1C(=O)N1CCOCC1. The highest BCUT2D eigenvalue weighted by Crippen LogP contribution is 2.26. The number of methoxy groups -OCH3 is 1. The molecule has 0 saturated carbocycles. The van der Waals surface area contributed by atoms with Crippen LogP contribution in [0.5, 0.6) is 5.75 Å². The highest BCUT2D eigenvalue weighted by atomic mass is 16.5. The van der Waals surface area contributed by atoms with Crippen molar-refractivity contribution >= 4 is 11.6 Å². The molecule has 1 saturated heterocycles. The van der Waals surface area contributed by atoms with Gasteiger partial charge in [-0.1, -0.05) is 0 Å². The zero-order valence-corrected chi connectivity index (χ0v) is 10.7. The van der Waals surface area contributed by atoms with E-state index in [-0.39, 0.29) is 5.91 Å². The first-order chi connectivity index (χ1) is 8.63. The minimum atomic E-state index is -0.0294. The summed E-state index contributed by atoms with van der Waals surface area (Å²) in [5, 5.41) is 0. The zero-order valence-electron chi connectivity index (χ0n) is 10.7. The molecule has 1 fully saturated rings. The van der Waals surface area contributed by atoms with Crippen molar-refractivity contribution in [2.24, 2.45) is 0 Å². The standard InChI is InChI=1S/C13H18N2O3/c1-9-7-10(12(17-2)8-11(9)14)13(16)15-3-5-18-6-4-15/h7-8H,3-6,14H2,1-2H3. The Balaban J connectivity index is 2.31. The summed E-state index contributed by atoms with van der Waals surface area (Å²) in [6.07, 6.45) is 0. The number of hydrogen-bond acceptors (Lipinski definition) is 4. The smallest absolute Gasteiger partial charge is 0.257 e. The van der Waals surface area contributed by atoms with Crippen LogP contribution in [0, 0.1) is 6.92 Å². The van der Waals surface area contributed by atoms with Gasteiger partial charge in [0, 0.05) is 24.8 Å². The average molecular weight is 250 g/mol. The molecule has 18 heavy (non-hydrogen) atoms. The van der Waals surface area contributed by atoms with Gasteiger partial charge >= 0.3 is 0 Å². The number of amides is 1. The van der Waals surface area contributed by atoms with Gasteiger partial charge in [-0.3, -0.25) is 4.79 Å². The summed E-state index contributed by atoms with van der Waals surface area (Å²) in [4.78, 5) is 14.2. The molecule has 5 nitrogen and oxygen atoms in total. The van der Waals surface area contributed by atoms with Crippen molar-refractivity contribution < 1.29 is 14.3 Å². The molecule has 0 unspecified atom stereocenters. The Morgan fingerprint density at radius 1 is 1.39 bits per heavy atom. The van der Waals surface area contributed by atoms with Gasteiger partial charge < -0.3 is 20.1 Å². The van der Waals surface area contributed by atoms with Crippen molar-refractivity contribution in [1.82, 2.24) is 4.90 Å². The van der Waals surface area contributed by atoms with Gasteiger partial charge in [0.1, 0.15) is 5.75 Å². The van der Waals surface area contributed by atoms with Crippen molar-refractivity contribution in [3.8, 4) is 5.75 Å². The maximum atomic E-state index is 12.4. The summed E-state index contributed by atoms with van der Waals surface area (Å²) in [5.74, 6) is 0.493. The van der Waals surface area contributed by atoms with Gasteiger partial charge in [-0.25, -0.2) is 0 Å². The number of nitrogen functional groups attached to an aromatic ring is 1. The fraction of sp³-hybridized carbons (Fsp3) is 0.462. The van der Waals surface area contributed by atoms with Crippen molar-refractivity contribution in [3.63, 3.8) is 0 Å². The number of carbonyl (C=O) groups is 1. The lowest BCUT2D eigenvalue weighted by Gasteiger charge is -2.27. The molecule has 1 aliphatic rings. The van der Waals surface area contributed by atoms with E-state index in [0.717, 1.165) is 5.56 Å². The molecule has 5 heteroatoms. The van der Waals surface area contributed by atoms with E-state index in [1.165, 1.54) is 0 Å². The van der Waals surface area contributed by atoms with Crippen LogP contribution >= 0.6 is 0 Å². The monoisotopic (exact) mass is 250 g/mol. The van der Waals surface area contributed by atoms with Gasteiger partial charge in [0.2, 0.25) is 0 Å². The molecule has 98 valence electrons. The molecule has 2 rings (SSSR count). The topological polar surface area (TPSA) is 64.8 Å². The van der Waals surface area contributed by atoms with Crippen LogP contribution in [-0.2, 0) is 4.74 Å². The Morgan fingerprint density at radius 3 is 2.67 bits per heavy atom. The number of benzene rings is 1. The summed E-state index contributed by atoms with van der Waals surface area (Å²) in [7, 11) is 1.54. The fourth-order valence-corrected chi connectivity index (χ4v) is 1.98. The second-order valence-corrected chi connectivity index (χ2v) is 4.31. The summed E-state index contributed by atoms with van der Waals surface area (Å²) < 4.78 is 10.5. The van der Waals surface area contributed by atoms with Crippen LogP contribution in [0.1, 0.15) is 15.9 Å². The van der Waals surface area contributed by atoms with Gasteiger partial charge in [-0.2, -0.15) is 0 Å². The van der Waals surface area contributed by atoms with Crippen LogP contribution in [0.25, 0.3) is 0 Å². The first-order valence-corrected chi connectivity index (χ1v) is 5.94. The third kappa shape index (κ3) is 2.41. The van der Waals surface area contributed by atoms with E-state index in [1.807, 2.05) is 6.92 Å². The molecule has 0 radical (unpaired) electrons. The number of ether oxygens (including phenoxy) is 2. The predicted octanol–water partition coefficient (Wildman–Crippen LogP) is 1.06. The Bertz CT molecular complexity index is 454. The molecule has 0 atom stereocenters. The number of aryl methyl sites for hydroxylation is 1. The molecule has 0 bridgehead atoms. The number of nitrogens with zero attached hydrogens (tertiary/aromatic N) is 1. The van der Waals surface area contributed by atoms with E-state index in [1.54, 1.807) is 24.1 Å². The zero-order chi connectivity index (χ0) is 13.1. The van der Waals surface area contributed by atoms with Gasteiger partial charge in [0.15, 0.2) is 0 Å². The Morgan fingerprint density at radius 2 is 2.06 bits per heavy atom. The van der Waals surface area contributed by atoms with E-state index in [2.05, 4.69) is 0 Å². The van der Waals surface area contributed by atoms with Gasteiger partial charge in [-0.05, 0) is 18.6 Å². The van der Waals surface area contributed by atoms with Crippen molar-refractivity contribution in [2.75, 3.05) is 39.1 Å². The van der Waals surface area contributed by atoms with Crippen LogP contribution < -0.4 is 10.5 Å². The number of rotatable bonds is 2. The molecule has 0 aliphatic carbocycles. The molecule has 0 spiro atoms. The highest BCUT2D eigenvalue weighted by Gasteiger charge is 2.22. The van der Waals surface area contributed by atoms with Crippen molar-refractivity contribution in [3.05, 3.63) is 23.3 Å². The quantitative estimate of drug-likeness (QED) is 0.797. The lowest BCUT2D eigenvalue weighted by Crippen LogP contribution is -2.40. The maximum Gasteiger partial charge on any atom is 0.257 e. The van der Waals surface area contributed by atoms with E-state index >= 15 is 0 Å². The van der Waals surface area contributed by atoms with Crippen LogP contribution in [0.2, 0.25) is 0 Å². The average Bonchev–Trinajstić information content (AvgIpc) is 2.41. The van der Waals surface area contributed by atoms with Crippen molar-refractivity contribution in [2.45, 2.75) is 6.92 Å². The van der Waals surface area contributed by atoms with Crippen LogP contribution in [-0.4, -0.2) is 44.2 Å². The lowest BCUT2D eigenvalue weighted by molar-refractivity contribution is 0.0301. The Kier molecular flexibility index (Phi) is 3.72. The fourth-order valence-electron chi connectivity index (χ4n) is 1.98. The summed E-state index contributed by atoms with van der Waals surface area (Å²) in [6.45, 7) is 4.28. The van der Waals surface area contributed by atoms with Crippen molar-refractivity contribution in [1.29, 1.82) is 0 Å². The minimum Gasteiger partial charge on any atom is -0.496 e. The summed E-state index contributed by atoms with van der Waals surface area (Å²) in [6, 6.07) is 3.48. The summed E-state index contributed by atoms with van der Waals surface area (Å²) in [5.41, 5.74) is 7.89. The number of nitrogens with two attached hydrogens (primary N) is 1. The van der Waals surface area contributed by atoms with Gasteiger partial charge in [0.05, 0.1) is 25.9 Å². The number of anilines is 1. The predicted molar refractivity (Wildman–Crippen MR) is 68.9 cm³/mol. The molecule has 1 aromatic rings. The second kappa shape index (κ2) is 5.27. The molecule has 1 heterocycles. The van der Waals surface area contributed by atoms with E-state index in [9.17, 15) is 4.79 Å². The highest BCUT2D eigenvalue weighted by molar-refractivity contribution is 5.97. The molecular formula is C13H18N2O3. The molecule has 2 N–H and O–H groups in total. The number of hydrogen-bond donors (Lipinski definition) is 1. The van der Waals surface area contributed by atoms with E-state index < -0.39 is 0 Å². The van der Waals surface area contributed by atoms with Gasteiger partial charge in [0.25, 0.3) is 5.91 Å². The normalized spacial score (nSPS) is 15.6. The number of carbonyl (C=O) groups excluding carboxylic acids is 1. The second-order valence-electron chi connectivity index (χ2n) is 4.31. The Hall–Kier alpha value is -1.75. The molecule has 1 aromatic carbocycles. The molecule has 0 aromatic heterocycles.